The molecule has 0 aromatic heterocycles. The van der Waals surface area contributed by atoms with Gasteiger partial charge in [-0.05, 0) is 42.0 Å². The number of benzene rings is 2. The zero-order chi connectivity index (χ0) is 17.0. The molecular formula is C17H13F3O3. The van der Waals surface area contributed by atoms with E-state index < -0.39 is 17.5 Å². The highest BCUT2D eigenvalue weighted by Gasteiger charge is 2.30. The quantitative estimate of drug-likeness (QED) is 0.674. The standard InChI is InChI=1S/C17H13F3O3/c1-23-16-10-12(6-8-15(16)22)14(21)7-5-11-3-2-4-13(9-11)17(18,19)20/h2-10,22H,1H3/b7-5+. The summed E-state index contributed by atoms with van der Waals surface area (Å²) in [6.07, 6.45) is -1.96. The molecule has 6 heteroatoms. The van der Waals surface area contributed by atoms with Crippen molar-refractivity contribution in [1.29, 1.82) is 0 Å². The van der Waals surface area contributed by atoms with Crippen molar-refractivity contribution in [3.8, 4) is 11.5 Å². The van der Waals surface area contributed by atoms with Crippen molar-refractivity contribution in [2.45, 2.75) is 6.18 Å². The van der Waals surface area contributed by atoms with Gasteiger partial charge in [-0.25, -0.2) is 0 Å². The van der Waals surface area contributed by atoms with Gasteiger partial charge in [0.05, 0.1) is 12.7 Å². The third-order valence-corrected chi connectivity index (χ3v) is 3.11. The summed E-state index contributed by atoms with van der Waals surface area (Å²) in [5.41, 5.74) is -0.264. The molecule has 0 saturated heterocycles. The summed E-state index contributed by atoms with van der Waals surface area (Å²) < 4.78 is 42.8. The molecule has 0 amide bonds. The topological polar surface area (TPSA) is 46.5 Å². The Hall–Kier alpha value is -2.76. The molecule has 2 rings (SSSR count). The van der Waals surface area contributed by atoms with E-state index in [2.05, 4.69) is 0 Å². The second kappa shape index (κ2) is 6.56. The van der Waals surface area contributed by atoms with E-state index in [4.69, 9.17) is 4.74 Å². The Kier molecular flexibility index (Phi) is 4.74. The van der Waals surface area contributed by atoms with Crippen molar-refractivity contribution in [2.24, 2.45) is 0 Å². The molecule has 0 unspecified atom stereocenters. The van der Waals surface area contributed by atoms with E-state index in [1.54, 1.807) is 0 Å². The Morgan fingerprint density at radius 3 is 2.57 bits per heavy atom. The van der Waals surface area contributed by atoms with E-state index in [1.807, 2.05) is 0 Å². The predicted molar refractivity (Wildman–Crippen MR) is 79.5 cm³/mol. The zero-order valence-electron chi connectivity index (χ0n) is 12.1. The van der Waals surface area contributed by atoms with Gasteiger partial charge in [0, 0.05) is 5.56 Å². The highest BCUT2D eigenvalue weighted by atomic mass is 19.4. The first kappa shape index (κ1) is 16.6. The number of aromatic hydroxyl groups is 1. The number of halogens is 3. The molecule has 0 bridgehead atoms. The molecule has 0 saturated carbocycles. The monoisotopic (exact) mass is 322 g/mol. The Balaban J connectivity index is 2.22. The molecule has 23 heavy (non-hydrogen) atoms. The fourth-order valence-electron chi connectivity index (χ4n) is 1.92. The maximum atomic E-state index is 12.6. The fourth-order valence-corrected chi connectivity index (χ4v) is 1.92. The summed E-state index contributed by atoms with van der Waals surface area (Å²) in [6, 6.07) is 8.73. The predicted octanol–water partition coefficient (Wildman–Crippen LogP) is 4.32. The summed E-state index contributed by atoms with van der Waals surface area (Å²) in [5, 5.41) is 9.47. The van der Waals surface area contributed by atoms with Crippen LogP contribution in [0.2, 0.25) is 0 Å². The van der Waals surface area contributed by atoms with Crippen LogP contribution in [0.25, 0.3) is 6.08 Å². The molecule has 120 valence electrons. The van der Waals surface area contributed by atoms with Crippen molar-refractivity contribution in [2.75, 3.05) is 7.11 Å². The lowest BCUT2D eigenvalue weighted by Crippen LogP contribution is -2.04. The number of methoxy groups -OCH3 is 1. The van der Waals surface area contributed by atoms with Gasteiger partial charge in [-0.1, -0.05) is 18.2 Å². The van der Waals surface area contributed by atoms with Crippen LogP contribution < -0.4 is 4.74 Å². The van der Waals surface area contributed by atoms with E-state index >= 15 is 0 Å². The number of rotatable bonds is 4. The summed E-state index contributed by atoms with van der Waals surface area (Å²) in [5.74, 6) is -0.380. The largest absolute Gasteiger partial charge is 0.504 e. The number of hydrogen-bond donors (Lipinski definition) is 1. The van der Waals surface area contributed by atoms with Crippen LogP contribution >= 0.6 is 0 Å². The highest BCUT2D eigenvalue weighted by molar-refractivity contribution is 6.07. The Labute approximate surface area is 130 Å². The van der Waals surface area contributed by atoms with Crippen LogP contribution in [-0.2, 0) is 6.18 Å². The minimum Gasteiger partial charge on any atom is -0.504 e. The molecule has 0 spiro atoms. The van der Waals surface area contributed by atoms with Crippen LogP contribution in [-0.4, -0.2) is 18.0 Å². The molecule has 0 aliphatic rings. The van der Waals surface area contributed by atoms with Crippen LogP contribution in [0.4, 0.5) is 13.2 Å². The molecule has 1 N–H and O–H groups in total. The van der Waals surface area contributed by atoms with Crippen LogP contribution in [0.15, 0.2) is 48.5 Å². The SMILES string of the molecule is COc1cc(C(=O)/C=C/c2cccc(C(F)(F)F)c2)ccc1O. The van der Waals surface area contributed by atoms with Crippen molar-refractivity contribution in [1.82, 2.24) is 0 Å². The lowest BCUT2D eigenvalue weighted by Gasteiger charge is -2.06. The molecule has 0 fully saturated rings. The highest BCUT2D eigenvalue weighted by Crippen LogP contribution is 2.30. The van der Waals surface area contributed by atoms with Gasteiger partial charge < -0.3 is 9.84 Å². The van der Waals surface area contributed by atoms with Crippen molar-refractivity contribution >= 4 is 11.9 Å². The molecule has 2 aromatic carbocycles. The first-order valence-electron chi connectivity index (χ1n) is 6.58. The van der Waals surface area contributed by atoms with Gasteiger partial charge in [-0.15, -0.1) is 0 Å². The van der Waals surface area contributed by atoms with E-state index in [1.165, 1.54) is 49.6 Å². The maximum Gasteiger partial charge on any atom is 0.416 e. The number of alkyl halides is 3. The summed E-state index contributed by atoms with van der Waals surface area (Å²) in [7, 11) is 1.35. The summed E-state index contributed by atoms with van der Waals surface area (Å²) in [4.78, 5) is 12.0. The molecule has 0 heterocycles. The molecule has 0 atom stereocenters. The Bertz CT molecular complexity index is 749. The number of hydrogen-bond acceptors (Lipinski definition) is 3. The van der Waals surface area contributed by atoms with E-state index in [0.29, 0.717) is 0 Å². The summed E-state index contributed by atoms with van der Waals surface area (Å²) in [6.45, 7) is 0. The van der Waals surface area contributed by atoms with Crippen molar-refractivity contribution in [3.05, 3.63) is 65.2 Å². The first-order chi connectivity index (χ1) is 10.8. The fraction of sp³-hybridized carbons (Fsp3) is 0.118. The van der Waals surface area contributed by atoms with Crippen molar-refractivity contribution in [3.63, 3.8) is 0 Å². The van der Waals surface area contributed by atoms with Gasteiger partial charge in [0.25, 0.3) is 0 Å². The maximum absolute atomic E-state index is 12.6. The van der Waals surface area contributed by atoms with E-state index in [-0.39, 0.29) is 22.6 Å². The first-order valence-corrected chi connectivity index (χ1v) is 6.58. The molecule has 0 aliphatic heterocycles. The smallest absolute Gasteiger partial charge is 0.416 e. The van der Waals surface area contributed by atoms with Gasteiger partial charge in [-0.3, -0.25) is 4.79 Å². The molecule has 0 aliphatic carbocycles. The normalized spacial score (nSPS) is 11.7. The molecule has 0 radical (unpaired) electrons. The molecule has 3 nitrogen and oxygen atoms in total. The van der Waals surface area contributed by atoms with Crippen molar-refractivity contribution < 1.29 is 27.8 Å². The Morgan fingerprint density at radius 1 is 1.17 bits per heavy atom. The average molecular weight is 322 g/mol. The Morgan fingerprint density at radius 2 is 1.91 bits per heavy atom. The number of carbonyl (C=O) groups excluding carboxylic acids is 1. The lowest BCUT2D eigenvalue weighted by molar-refractivity contribution is -0.137. The van der Waals surface area contributed by atoms with Crippen LogP contribution in [0.3, 0.4) is 0 Å². The minimum absolute atomic E-state index is 0.106. The van der Waals surface area contributed by atoms with E-state index in [9.17, 15) is 23.1 Å². The number of phenols is 1. The molecule has 2 aromatic rings. The number of carbonyl (C=O) groups is 1. The minimum atomic E-state index is -4.43. The second-order valence-electron chi connectivity index (χ2n) is 4.71. The van der Waals surface area contributed by atoms with Crippen LogP contribution in [0, 0.1) is 0 Å². The van der Waals surface area contributed by atoms with Gasteiger partial charge in [0.2, 0.25) is 0 Å². The van der Waals surface area contributed by atoms with Gasteiger partial charge in [0.15, 0.2) is 17.3 Å². The van der Waals surface area contributed by atoms with Gasteiger partial charge in [-0.2, -0.15) is 13.2 Å². The number of phenolic OH excluding ortho intramolecular Hbond substituents is 1. The number of ketones is 1. The summed E-state index contributed by atoms with van der Waals surface area (Å²) >= 11 is 0. The third-order valence-electron chi connectivity index (χ3n) is 3.11. The zero-order valence-corrected chi connectivity index (χ0v) is 12.1. The van der Waals surface area contributed by atoms with Crippen LogP contribution in [0.1, 0.15) is 21.5 Å². The number of allylic oxidation sites excluding steroid dienone is 1. The second-order valence-corrected chi connectivity index (χ2v) is 4.71. The molecular weight excluding hydrogens is 309 g/mol. The van der Waals surface area contributed by atoms with Crippen LogP contribution in [0.5, 0.6) is 11.5 Å². The van der Waals surface area contributed by atoms with E-state index in [0.717, 1.165) is 12.1 Å². The van der Waals surface area contributed by atoms with Gasteiger partial charge in [0.1, 0.15) is 0 Å². The lowest BCUT2D eigenvalue weighted by atomic mass is 10.1. The van der Waals surface area contributed by atoms with Gasteiger partial charge >= 0.3 is 6.18 Å². The average Bonchev–Trinajstić information content (AvgIpc) is 2.52. The third kappa shape index (κ3) is 4.12. The number of ether oxygens (including phenoxy) is 1.